The molecule has 0 radical (unpaired) electrons. The highest BCUT2D eigenvalue weighted by molar-refractivity contribution is 6.03. The molecule has 0 aliphatic heterocycles. The molecule has 7 heteroatoms. The quantitative estimate of drug-likeness (QED) is 0.535. The molecule has 2 aromatic carbocycles. The average Bonchev–Trinajstić information content (AvgIpc) is 3.30. The molecule has 2 aromatic heterocycles. The Morgan fingerprint density at radius 1 is 1.10 bits per heavy atom. The van der Waals surface area contributed by atoms with Crippen molar-refractivity contribution in [1.29, 1.82) is 0 Å². The van der Waals surface area contributed by atoms with Gasteiger partial charge in [-0.05, 0) is 31.5 Å². The van der Waals surface area contributed by atoms with Gasteiger partial charge in [-0.25, -0.2) is 0 Å². The second-order valence-corrected chi connectivity index (χ2v) is 6.77. The summed E-state index contributed by atoms with van der Waals surface area (Å²) in [6.07, 6.45) is 0. The first kappa shape index (κ1) is 18.5. The van der Waals surface area contributed by atoms with Crippen molar-refractivity contribution >= 4 is 11.6 Å². The SMILES string of the molecule is Cc1nn(Cc2ccccc2)c(C)c1NC(=O)c1cc(-c2cccc(O)c2)on1. The molecule has 2 N–H and O–H groups in total. The predicted molar refractivity (Wildman–Crippen MR) is 109 cm³/mol. The maximum Gasteiger partial charge on any atom is 0.277 e. The zero-order chi connectivity index (χ0) is 20.4. The fourth-order valence-electron chi connectivity index (χ4n) is 3.14. The van der Waals surface area contributed by atoms with Crippen molar-refractivity contribution in [3.63, 3.8) is 0 Å². The lowest BCUT2D eigenvalue weighted by molar-refractivity contribution is 0.101. The highest BCUT2D eigenvalue weighted by atomic mass is 16.5. The van der Waals surface area contributed by atoms with Crippen LogP contribution >= 0.6 is 0 Å². The predicted octanol–water partition coefficient (Wildman–Crippen LogP) is 4.16. The maximum absolute atomic E-state index is 12.7. The van der Waals surface area contributed by atoms with Gasteiger partial charge in [0.15, 0.2) is 11.5 Å². The summed E-state index contributed by atoms with van der Waals surface area (Å²) in [5, 5.41) is 20.9. The Bertz CT molecular complexity index is 1160. The van der Waals surface area contributed by atoms with Crippen LogP contribution in [0.2, 0.25) is 0 Å². The summed E-state index contributed by atoms with van der Waals surface area (Å²) < 4.78 is 7.13. The van der Waals surface area contributed by atoms with Gasteiger partial charge < -0.3 is 14.9 Å². The van der Waals surface area contributed by atoms with E-state index in [0.717, 1.165) is 17.0 Å². The lowest BCUT2D eigenvalue weighted by atomic mass is 10.1. The van der Waals surface area contributed by atoms with E-state index in [1.165, 1.54) is 0 Å². The highest BCUT2D eigenvalue weighted by Gasteiger charge is 2.19. The van der Waals surface area contributed by atoms with Crippen LogP contribution in [0.15, 0.2) is 65.2 Å². The molecule has 29 heavy (non-hydrogen) atoms. The number of carbonyl (C=O) groups is 1. The lowest BCUT2D eigenvalue weighted by Gasteiger charge is -2.06. The van der Waals surface area contributed by atoms with Gasteiger partial charge in [-0.2, -0.15) is 5.10 Å². The van der Waals surface area contributed by atoms with E-state index in [-0.39, 0.29) is 17.4 Å². The number of benzene rings is 2. The molecule has 1 amide bonds. The minimum absolute atomic E-state index is 0.113. The number of aromatic nitrogens is 3. The van der Waals surface area contributed by atoms with Crippen molar-refractivity contribution in [3.8, 4) is 17.1 Å². The van der Waals surface area contributed by atoms with Gasteiger partial charge >= 0.3 is 0 Å². The summed E-state index contributed by atoms with van der Waals surface area (Å²) in [7, 11) is 0. The molecular formula is C22H20N4O3. The minimum atomic E-state index is -0.384. The molecule has 4 rings (SSSR count). The van der Waals surface area contributed by atoms with Gasteiger partial charge in [0, 0.05) is 11.6 Å². The summed E-state index contributed by atoms with van der Waals surface area (Å²) in [5.41, 5.74) is 4.16. The monoisotopic (exact) mass is 388 g/mol. The fraction of sp³-hybridized carbons (Fsp3) is 0.136. The second-order valence-electron chi connectivity index (χ2n) is 6.77. The largest absolute Gasteiger partial charge is 0.508 e. The first-order valence-corrected chi connectivity index (χ1v) is 9.16. The van der Waals surface area contributed by atoms with Crippen LogP contribution < -0.4 is 5.32 Å². The van der Waals surface area contributed by atoms with Gasteiger partial charge in [0.05, 0.1) is 23.6 Å². The molecule has 0 aliphatic rings. The van der Waals surface area contributed by atoms with E-state index in [0.29, 0.717) is 23.6 Å². The minimum Gasteiger partial charge on any atom is -0.508 e. The Morgan fingerprint density at radius 2 is 1.90 bits per heavy atom. The zero-order valence-corrected chi connectivity index (χ0v) is 16.1. The zero-order valence-electron chi connectivity index (χ0n) is 16.1. The topological polar surface area (TPSA) is 93.2 Å². The number of nitrogens with zero attached hydrogens (tertiary/aromatic N) is 3. The van der Waals surface area contributed by atoms with Crippen molar-refractivity contribution in [2.45, 2.75) is 20.4 Å². The summed E-state index contributed by atoms with van der Waals surface area (Å²) in [6.45, 7) is 4.39. The maximum atomic E-state index is 12.7. The number of phenols is 1. The first-order valence-electron chi connectivity index (χ1n) is 9.16. The van der Waals surface area contributed by atoms with Crippen LogP contribution in [0.25, 0.3) is 11.3 Å². The van der Waals surface area contributed by atoms with Crippen LogP contribution in [-0.2, 0) is 6.54 Å². The molecule has 2 heterocycles. The van der Waals surface area contributed by atoms with E-state index < -0.39 is 0 Å². The standard InChI is InChI=1S/C22H20N4O3/c1-14-21(15(2)26(24-14)13-16-7-4-3-5-8-16)23-22(28)19-12-20(29-25-19)17-9-6-10-18(27)11-17/h3-12,27H,13H2,1-2H3,(H,23,28). The van der Waals surface area contributed by atoms with Gasteiger partial charge in [-0.1, -0.05) is 47.6 Å². The van der Waals surface area contributed by atoms with Crippen LogP contribution in [0.5, 0.6) is 5.75 Å². The van der Waals surface area contributed by atoms with Gasteiger partial charge in [-0.15, -0.1) is 0 Å². The number of amides is 1. The summed E-state index contributed by atoms with van der Waals surface area (Å²) >= 11 is 0. The molecule has 0 bridgehead atoms. The average molecular weight is 388 g/mol. The number of aromatic hydroxyl groups is 1. The summed E-state index contributed by atoms with van der Waals surface area (Å²) in [5.74, 6) is 0.131. The first-order chi connectivity index (χ1) is 14.0. The van der Waals surface area contributed by atoms with Crippen LogP contribution in [0.1, 0.15) is 27.4 Å². The van der Waals surface area contributed by atoms with E-state index >= 15 is 0 Å². The number of aryl methyl sites for hydroxylation is 1. The van der Waals surface area contributed by atoms with Crippen LogP contribution in [0, 0.1) is 13.8 Å². The third kappa shape index (κ3) is 3.89. The molecule has 0 fully saturated rings. The number of rotatable bonds is 5. The van der Waals surface area contributed by atoms with E-state index in [1.54, 1.807) is 30.3 Å². The van der Waals surface area contributed by atoms with Crippen LogP contribution in [-0.4, -0.2) is 26.0 Å². The third-order valence-electron chi connectivity index (χ3n) is 4.67. The number of anilines is 1. The number of hydrogen-bond donors (Lipinski definition) is 2. The van der Waals surface area contributed by atoms with Crippen molar-refractivity contribution in [2.24, 2.45) is 0 Å². The molecule has 0 spiro atoms. The Labute approximate surface area is 167 Å². The molecular weight excluding hydrogens is 368 g/mol. The van der Waals surface area contributed by atoms with Gasteiger partial charge in [0.2, 0.25) is 0 Å². The van der Waals surface area contributed by atoms with Gasteiger partial charge in [-0.3, -0.25) is 9.48 Å². The number of hydrogen-bond acceptors (Lipinski definition) is 5. The third-order valence-corrected chi connectivity index (χ3v) is 4.67. The van der Waals surface area contributed by atoms with E-state index in [1.807, 2.05) is 48.9 Å². The van der Waals surface area contributed by atoms with E-state index in [9.17, 15) is 9.90 Å². The highest BCUT2D eigenvalue weighted by Crippen LogP contribution is 2.25. The fourth-order valence-corrected chi connectivity index (χ4v) is 3.14. The number of nitrogens with one attached hydrogen (secondary N) is 1. The molecule has 0 aliphatic carbocycles. The molecule has 146 valence electrons. The Kier molecular flexibility index (Phi) is 4.87. The number of phenolic OH excluding ortho intramolecular Hbond substituents is 1. The van der Waals surface area contributed by atoms with Crippen molar-refractivity contribution < 1.29 is 14.4 Å². The van der Waals surface area contributed by atoms with Crippen molar-refractivity contribution in [3.05, 3.63) is 83.3 Å². The molecule has 0 saturated heterocycles. The van der Waals surface area contributed by atoms with Crippen LogP contribution in [0.4, 0.5) is 5.69 Å². The van der Waals surface area contributed by atoms with Crippen LogP contribution in [0.3, 0.4) is 0 Å². The normalized spacial score (nSPS) is 10.8. The number of carbonyl (C=O) groups excluding carboxylic acids is 1. The Hall–Kier alpha value is -3.87. The molecule has 4 aromatic rings. The Morgan fingerprint density at radius 3 is 2.66 bits per heavy atom. The molecule has 7 nitrogen and oxygen atoms in total. The second kappa shape index (κ2) is 7.63. The van der Waals surface area contributed by atoms with Crippen molar-refractivity contribution in [2.75, 3.05) is 5.32 Å². The molecule has 0 atom stereocenters. The molecule has 0 saturated carbocycles. The Balaban J connectivity index is 1.53. The van der Waals surface area contributed by atoms with Gasteiger partial charge in [0.25, 0.3) is 5.91 Å². The lowest BCUT2D eigenvalue weighted by Crippen LogP contribution is -2.13. The molecule has 0 unspecified atom stereocenters. The summed E-state index contributed by atoms with van der Waals surface area (Å²) in [4.78, 5) is 12.7. The summed E-state index contributed by atoms with van der Waals surface area (Å²) in [6, 6.07) is 18.1. The van der Waals surface area contributed by atoms with Gasteiger partial charge in [0.1, 0.15) is 5.75 Å². The van der Waals surface area contributed by atoms with Crippen molar-refractivity contribution in [1.82, 2.24) is 14.9 Å². The van der Waals surface area contributed by atoms with E-state index in [4.69, 9.17) is 4.52 Å². The smallest absolute Gasteiger partial charge is 0.277 e. The van der Waals surface area contributed by atoms with E-state index in [2.05, 4.69) is 15.6 Å².